The summed E-state index contributed by atoms with van der Waals surface area (Å²) in [5, 5.41) is 11.2. The molecule has 7 heteroatoms. The second-order valence-corrected chi connectivity index (χ2v) is 7.62. The van der Waals surface area contributed by atoms with Gasteiger partial charge in [0.05, 0.1) is 23.6 Å². The molecule has 0 spiro atoms. The second-order valence-electron chi connectivity index (χ2n) is 6.80. The van der Waals surface area contributed by atoms with Crippen LogP contribution in [0.4, 0.5) is 0 Å². The molecule has 0 fully saturated rings. The molecule has 0 amide bonds. The SMILES string of the molecule is CCCC(C(=O)O)c1c(C)n(C(=O)c2ccc(Cl)cc2)c2ccc(OC)c(Cl)c12. The largest absolute Gasteiger partial charge is 0.495 e. The Hall–Kier alpha value is -2.50. The van der Waals surface area contributed by atoms with Crippen LogP contribution in [0.5, 0.6) is 5.75 Å². The number of carboxylic acid groups (broad SMARTS) is 1. The molecule has 0 bridgehead atoms. The van der Waals surface area contributed by atoms with E-state index in [1.54, 1.807) is 43.3 Å². The molecule has 0 radical (unpaired) electrons. The third-order valence-electron chi connectivity index (χ3n) is 5.06. The minimum Gasteiger partial charge on any atom is -0.495 e. The topological polar surface area (TPSA) is 68.5 Å². The van der Waals surface area contributed by atoms with Crippen molar-refractivity contribution in [2.45, 2.75) is 32.6 Å². The molecule has 1 heterocycles. The van der Waals surface area contributed by atoms with Gasteiger partial charge in [-0.05, 0) is 55.3 Å². The number of carbonyl (C=O) groups excluding carboxylic acids is 1. The maximum atomic E-state index is 13.3. The number of rotatable bonds is 6. The zero-order valence-corrected chi connectivity index (χ0v) is 17.8. The van der Waals surface area contributed by atoms with E-state index < -0.39 is 11.9 Å². The van der Waals surface area contributed by atoms with E-state index in [1.165, 1.54) is 11.7 Å². The van der Waals surface area contributed by atoms with Gasteiger partial charge in [0.25, 0.3) is 5.91 Å². The van der Waals surface area contributed by atoms with Crippen LogP contribution >= 0.6 is 23.2 Å². The fraction of sp³-hybridized carbons (Fsp3) is 0.273. The van der Waals surface area contributed by atoms with Gasteiger partial charge < -0.3 is 9.84 Å². The normalized spacial score (nSPS) is 12.2. The fourth-order valence-electron chi connectivity index (χ4n) is 3.72. The lowest BCUT2D eigenvalue weighted by molar-refractivity contribution is -0.139. The summed E-state index contributed by atoms with van der Waals surface area (Å²) < 4.78 is 6.85. The predicted octanol–water partition coefficient (Wildman–Crippen LogP) is 5.92. The molecule has 2 aromatic carbocycles. The first-order valence-corrected chi connectivity index (χ1v) is 9.97. The van der Waals surface area contributed by atoms with Crippen molar-refractivity contribution >= 4 is 46.0 Å². The van der Waals surface area contributed by atoms with Crippen molar-refractivity contribution in [1.29, 1.82) is 0 Å². The summed E-state index contributed by atoms with van der Waals surface area (Å²) in [6.45, 7) is 3.67. The zero-order chi connectivity index (χ0) is 21.3. The van der Waals surface area contributed by atoms with E-state index in [1.807, 2.05) is 6.92 Å². The van der Waals surface area contributed by atoms with Crippen molar-refractivity contribution in [2.24, 2.45) is 0 Å². The number of fused-ring (bicyclic) bond motifs is 1. The Bertz CT molecular complexity index is 1090. The van der Waals surface area contributed by atoms with E-state index >= 15 is 0 Å². The zero-order valence-electron chi connectivity index (χ0n) is 16.3. The summed E-state index contributed by atoms with van der Waals surface area (Å²) >= 11 is 12.5. The minimum atomic E-state index is -0.952. The Kier molecular flexibility index (Phi) is 6.20. The number of methoxy groups -OCH3 is 1. The van der Waals surface area contributed by atoms with E-state index in [0.717, 1.165) is 0 Å². The first kappa shape index (κ1) is 21.2. The molecule has 1 unspecified atom stereocenters. The lowest BCUT2D eigenvalue weighted by Crippen LogP contribution is -2.16. The van der Waals surface area contributed by atoms with E-state index in [-0.39, 0.29) is 5.91 Å². The maximum absolute atomic E-state index is 13.3. The molecule has 0 saturated carbocycles. The number of aromatic nitrogens is 1. The Morgan fingerprint density at radius 3 is 2.34 bits per heavy atom. The predicted molar refractivity (Wildman–Crippen MR) is 115 cm³/mol. The second kappa shape index (κ2) is 8.47. The highest BCUT2D eigenvalue weighted by molar-refractivity contribution is 6.37. The molecule has 152 valence electrons. The first-order chi connectivity index (χ1) is 13.8. The van der Waals surface area contributed by atoms with Gasteiger partial charge in [-0.15, -0.1) is 0 Å². The molecule has 0 aliphatic carbocycles. The molecule has 0 aliphatic rings. The number of carboxylic acids is 1. The Morgan fingerprint density at radius 2 is 1.79 bits per heavy atom. The highest BCUT2D eigenvalue weighted by Crippen LogP contribution is 2.42. The Balaban J connectivity index is 2.35. The lowest BCUT2D eigenvalue weighted by atomic mass is 9.92. The van der Waals surface area contributed by atoms with Gasteiger partial charge in [-0.2, -0.15) is 0 Å². The van der Waals surface area contributed by atoms with Crippen LogP contribution in [0.1, 0.15) is 47.3 Å². The summed E-state index contributed by atoms with van der Waals surface area (Å²) in [7, 11) is 1.50. The average molecular weight is 434 g/mol. The van der Waals surface area contributed by atoms with Gasteiger partial charge in [0.15, 0.2) is 0 Å². The summed E-state index contributed by atoms with van der Waals surface area (Å²) in [5.74, 6) is -1.59. The molecule has 5 nitrogen and oxygen atoms in total. The number of nitrogens with zero attached hydrogens (tertiary/aromatic N) is 1. The van der Waals surface area contributed by atoms with E-state index in [4.69, 9.17) is 27.9 Å². The fourth-order valence-corrected chi connectivity index (χ4v) is 4.18. The summed E-state index contributed by atoms with van der Waals surface area (Å²) in [6.07, 6.45) is 1.10. The molecule has 1 atom stereocenters. The number of hydrogen-bond donors (Lipinski definition) is 1. The molecular formula is C22H21Cl2NO4. The van der Waals surface area contributed by atoms with Crippen LogP contribution in [0, 0.1) is 6.92 Å². The molecular weight excluding hydrogens is 413 g/mol. The van der Waals surface area contributed by atoms with Crippen molar-refractivity contribution < 1.29 is 19.4 Å². The van der Waals surface area contributed by atoms with Crippen LogP contribution in [-0.2, 0) is 4.79 Å². The maximum Gasteiger partial charge on any atom is 0.311 e. The lowest BCUT2D eigenvalue weighted by Gasteiger charge is -2.14. The molecule has 1 N–H and O–H groups in total. The van der Waals surface area contributed by atoms with Gasteiger partial charge >= 0.3 is 5.97 Å². The molecule has 1 aromatic heterocycles. The van der Waals surface area contributed by atoms with Crippen LogP contribution in [0.2, 0.25) is 10.0 Å². The molecule has 0 saturated heterocycles. The van der Waals surface area contributed by atoms with Crippen molar-refractivity contribution in [3.63, 3.8) is 0 Å². The third-order valence-corrected chi connectivity index (χ3v) is 5.69. The first-order valence-electron chi connectivity index (χ1n) is 9.22. The number of carbonyl (C=O) groups is 2. The molecule has 3 aromatic rings. The highest BCUT2D eigenvalue weighted by Gasteiger charge is 2.30. The third kappa shape index (κ3) is 3.72. The van der Waals surface area contributed by atoms with Crippen molar-refractivity contribution in [3.05, 3.63) is 63.3 Å². The van der Waals surface area contributed by atoms with Crippen molar-refractivity contribution in [2.75, 3.05) is 7.11 Å². The van der Waals surface area contributed by atoms with E-state index in [0.29, 0.717) is 56.4 Å². The van der Waals surface area contributed by atoms with Gasteiger partial charge in [0.1, 0.15) is 5.75 Å². The number of aliphatic carboxylic acids is 1. The van der Waals surface area contributed by atoms with Gasteiger partial charge in [-0.1, -0.05) is 36.5 Å². The number of hydrogen-bond acceptors (Lipinski definition) is 3. The monoisotopic (exact) mass is 433 g/mol. The van der Waals surface area contributed by atoms with Gasteiger partial charge in [-0.25, -0.2) is 0 Å². The summed E-state index contributed by atoms with van der Waals surface area (Å²) in [6, 6.07) is 9.97. The van der Waals surface area contributed by atoms with Crippen LogP contribution in [0.3, 0.4) is 0 Å². The van der Waals surface area contributed by atoms with Crippen LogP contribution in [-0.4, -0.2) is 28.7 Å². The van der Waals surface area contributed by atoms with Crippen LogP contribution in [0.25, 0.3) is 10.9 Å². The number of ether oxygens (including phenoxy) is 1. The highest BCUT2D eigenvalue weighted by atomic mass is 35.5. The van der Waals surface area contributed by atoms with Gasteiger partial charge in [-0.3, -0.25) is 14.2 Å². The van der Waals surface area contributed by atoms with Gasteiger partial charge in [0.2, 0.25) is 0 Å². The van der Waals surface area contributed by atoms with E-state index in [2.05, 4.69) is 0 Å². The summed E-state index contributed by atoms with van der Waals surface area (Å²) in [4.78, 5) is 25.4. The standard InChI is InChI=1S/C22H21Cl2NO4/c1-4-5-15(22(27)28)18-12(2)25(21(26)13-6-8-14(23)9-7-13)16-10-11-17(29-3)20(24)19(16)18/h6-11,15H,4-5H2,1-3H3,(H,27,28). The Morgan fingerprint density at radius 1 is 1.14 bits per heavy atom. The summed E-state index contributed by atoms with van der Waals surface area (Å²) in [5.41, 5.74) is 2.08. The molecule has 3 rings (SSSR count). The molecule has 0 aliphatic heterocycles. The van der Waals surface area contributed by atoms with Gasteiger partial charge in [0, 0.05) is 21.7 Å². The molecule has 29 heavy (non-hydrogen) atoms. The minimum absolute atomic E-state index is 0.280. The average Bonchev–Trinajstić information content (AvgIpc) is 2.98. The number of halogens is 2. The quantitative estimate of drug-likeness (QED) is 0.523. The van der Waals surface area contributed by atoms with Crippen molar-refractivity contribution in [1.82, 2.24) is 4.57 Å². The van der Waals surface area contributed by atoms with Crippen molar-refractivity contribution in [3.8, 4) is 5.75 Å². The Labute approximate surface area is 178 Å². The smallest absolute Gasteiger partial charge is 0.311 e. The van der Waals surface area contributed by atoms with E-state index in [9.17, 15) is 14.7 Å². The van der Waals surface area contributed by atoms with Crippen LogP contribution in [0.15, 0.2) is 36.4 Å². The number of benzene rings is 2. The van der Waals surface area contributed by atoms with Crippen LogP contribution < -0.4 is 4.74 Å².